The molecule has 0 atom stereocenters. The number of hydrogen-bond donors (Lipinski definition) is 1. The van der Waals surface area contributed by atoms with E-state index in [1.807, 2.05) is 0 Å². The fraction of sp³-hybridized carbons (Fsp3) is 0.278. The maximum absolute atomic E-state index is 14.9. The van der Waals surface area contributed by atoms with E-state index in [9.17, 15) is 17.6 Å². The number of carbonyl (C=O) groups is 1. The van der Waals surface area contributed by atoms with E-state index in [0.29, 0.717) is 5.56 Å². The van der Waals surface area contributed by atoms with Gasteiger partial charge in [0.25, 0.3) is 0 Å². The molecule has 2 aromatic rings. The van der Waals surface area contributed by atoms with Crippen molar-refractivity contribution in [3.8, 4) is 11.1 Å². The van der Waals surface area contributed by atoms with Crippen molar-refractivity contribution in [2.24, 2.45) is 0 Å². The number of benzene rings is 2. The third kappa shape index (κ3) is 4.79. The molecule has 0 unspecified atom stereocenters. The van der Waals surface area contributed by atoms with Gasteiger partial charge in [0.05, 0.1) is 5.69 Å². The SMILES string of the molecule is CC(C)(C)OC(=O)Nc1ccc(-c2ccccc2)c(S(C)(=O)=O)c1F. The zero-order chi connectivity index (χ0) is 18.8. The lowest BCUT2D eigenvalue weighted by Gasteiger charge is -2.20. The summed E-state index contributed by atoms with van der Waals surface area (Å²) in [6.45, 7) is 5.01. The minimum Gasteiger partial charge on any atom is -0.444 e. The van der Waals surface area contributed by atoms with Gasteiger partial charge in [-0.1, -0.05) is 36.4 Å². The highest BCUT2D eigenvalue weighted by Gasteiger charge is 2.25. The second-order valence-electron chi connectivity index (χ2n) is 6.57. The zero-order valence-electron chi connectivity index (χ0n) is 14.5. The lowest BCUT2D eigenvalue weighted by atomic mass is 10.0. The average Bonchev–Trinajstić information content (AvgIpc) is 2.46. The number of ether oxygens (including phenoxy) is 1. The van der Waals surface area contributed by atoms with Gasteiger partial charge in [0.2, 0.25) is 0 Å². The number of sulfone groups is 1. The fourth-order valence-electron chi connectivity index (χ4n) is 2.27. The number of carbonyl (C=O) groups excluding carboxylic acids is 1. The molecule has 0 spiro atoms. The molecule has 0 radical (unpaired) electrons. The summed E-state index contributed by atoms with van der Waals surface area (Å²) < 4.78 is 44.2. The van der Waals surface area contributed by atoms with E-state index in [-0.39, 0.29) is 11.3 Å². The smallest absolute Gasteiger partial charge is 0.412 e. The van der Waals surface area contributed by atoms with Crippen molar-refractivity contribution in [1.29, 1.82) is 0 Å². The molecule has 0 aliphatic rings. The van der Waals surface area contributed by atoms with Crippen LogP contribution in [-0.2, 0) is 14.6 Å². The molecular formula is C18H20FNO4S. The van der Waals surface area contributed by atoms with Gasteiger partial charge in [-0.2, -0.15) is 0 Å². The summed E-state index contributed by atoms with van der Waals surface area (Å²) in [5.74, 6) is -1.02. The van der Waals surface area contributed by atoms with Gasteiger partial charge in [-0.25, -0.2) is 17.6 Å². The molecule has 0 aliphatic heterocycles. The summed E-state index contributed by atoms with van der Waals surface area (Å²) in [7, 11) is -3.87. The molecule has 0 aliphatic carbocycles. The van der Waals surface area contributed by atoms with Crippen molar-refractivity contribution >= 4 is 21.6 Å². The number of rotatable bonds is 3. The van der Waals surface area contributed by atoms with Gasteiger partial charge in [0.1, 0.15) is 10.5 Å². The molecule has 0 fully saturated rings. The fourth-order valence-corrected chi connectivity index (χ4v) is 3.29. The second-order valence-corrected chi connectivity index (χ2v) is 8.52. The standard InChI is InChI=1S/C18H20FNO4S/c1-18(2,3)24-17(21)20-14-11-10-13(12-8-6-5-7-9-12)16(15(14)19)25(4,22)23/h5-11H,1-4H3,(H,20,21). The first-order valence-corrected chi connectivity index (χ1v) is 9.46. The molecule has 1 amide bonds. The Hall–Kier alpha value is -2.41. The van der Waals surface area contributed by atoms with E-state index in [2.05, 4.69) is 5.32 Å². The summed E-state index contributed by atoms with van der Waals surface area (Å²) >= 11 is 0. The molecule has 0 bridgehead atoms. The van der Waals surface area contributed by atoms with Crippen LogP contribution in [0, 0.1) is 5.82 Å². The van der Waals surface area contributed by atoms with Crippen LogP contribution < -0.4 is 5.32 Å². The molecule has 0 heterocycles. The third-order valence-electron chi connectivity index (χ3n) is 3.19. The maximum atomic E-state index is 14.9. The molecule has 5 nitrogen and oxygen atoms in total. The first-order chi connectivity index (χ1) is 11.5. The van der Waals surface area contributed by atoms with Crippen LogP contribution in [0.4, 0.5) is 14.9 Å². The third-order valence-corrected chi connectivity index (χ3v) is 4.33. The Morgan fingerprint density at radius 2 is 1.68 bits per heavy atom. The van der Waals surface area contributed by atoms with Gasteiger partial charge in [-0.05, 0) is 32.4 Å². The molecule has 0 saturated carbocycles. The van der Waals surface area contributed by atoms with E-state index in [1.54, 1.807) is 51.1 Å². The molecule has 2 rings (SSSR count). The molecule has 25 heavy (non-hydrogen) atoms. The normalized spacial score (nSPS) is 11.9. The first kappa shape index (κ1) is 18.9. The lowest BCUT2D eigenvalue weighted by molar-refractivity contribution is 0.0635. The van der Waals surface area contributed by atoms with Gasteiger partial charge < -0.3 is 4.74 Å². The molecule has 0 saturated heterocycles. The highest BCUT2D eigenvalue weighted by molar-refractivity contribution is 7.90. The van der Waals surface area contributed by atoms with E-state index in [0.717, 1.165) is 6.26 Å². The van der Waals surface area contributed by atoms with E-state index in [4.69, 9.17) is 4.74 Å². The molecule has 2 aromatic carbocycles. The van der Waals surface area contributed by atoms with Gasteiger partial charge in [0.15, 0.2) is 15.7 Å². The second kappa shape index (κ2) is 6.84. The van der Waals surface area contributed by atoms with Crippen molar-refractivity contribution in [3.63, 3.8) is 0 Å². The highest BCUT2D eigenvalue weighted by Crippen LogP contribution is 2.33. The van der Waals surface area contributed by atoms with E-state index < -0.39 is 32.2 Å². The van der Waals surface area contributed by atoms with E-state index in [1.165, 1.54) is 12.1 Å². The van der Waals surface area contributed by atoms with E-state index >= 15 is 0 Å². The first-order valence-electron chi connectivity index (χ1n) is 7.57. The number of amides is 1. The van der Waals surface area contributed by atoms with Gasteiger partial charge in [-0.3, -0.25) is 5.32 Å². The van der Waals surface area contributed by atoms with Gasteiger partial charge >= 0.3 is 6.09 Å². The highest BCUT2D eigenvalue weighted by atomic mass is 32.2. The van der Waals surface area contributed by atoms with Crippen molar-refractivity contribution in [2.75, 3.05) is 11.6 Å². The molecule has 134 valence electrons. The number of hydrogen-bond acceptors (Lipinski definition) is 4. The van der Waals surface area contributed by atoms with Crippen LogP contribution in [0.15, 0.2) is 47.4 Å². The average molecular weight is 365 g/mol. The zero-order valence-corrected chi connectivity index (χ0v) is 15.3. The van der Waals surface area contributed by atoms with Crippen LogP contribution in [0.25, 0.3) is 11.1 Å². The summed E-state index contributed by atoms with van der Waals surface area (Å²) in [6.07, 6.45) is 0.0630. The lowest BCUT2D eigenvalue weighted by Crippen LogP contribution is -2.27. The molecular weight excluding hydrogens is 345 g/mol. The summed E-state index contributed by atoms with van der Waals surface area (Å²) in [5.41, 5.74) is -0.222. The minimum absolute atomic E-state index is 0.232. The van der Waals surface area contributed by atoms with Crippen molar-refractivity contribution in [1.82, 2.24) is 0 Å². The molecule has 0 aromatic heterocycles. The number of halogens is 1. The number of nitrogens with one attached hydrogen (secondary N) is 1. The summed E-state index contributed by atoms with van der Waals surface area (Å²) in [6, 6.07) is 11.4. The number of anilines is 1. The van der Waals surface area contributed by atoms with Gasteiger partial charge in [0, 0.05) is 11.8 Å². The van der Waals surface area contributed by atoms with Crippen LogP contribution in [-0.4, -0.2) is 26.4 Å². The monoisotopic (exact) mass is 365 g/mol. The van der Waals surface area contributed by atoms with Crippen LogP contribution in [0.5, 0.6) is 0 Å². The summed E-state index contributed by atoms with van der Waals surface area (Å²) in [4.78, 5) is 11.4. The Balaban J connectivity index is 2.52. The minimum atomic E-state index is -3.87. The van der Waals surface area contributed by atoms with Crippen LogP contribution in [0.1, 0.15) is 20.8 Å². The van der Waals surface area contributed by atoms with Gasteiger partial charge in [-0.15, -0.1) is 0 Å². The van der Waals surface area contributed by atoms with Crippen LogP contribution in [0.3, 0.4) is 0 Å². The Morgan fingerprint density at radius 1 is 1.08 bits per heavy atom. The Morgan fingerprint density at radius 3 is 2.20 bits per heavy atom. The largest absolute Gasteiger partial charge is 0.444 e. The predicted molar refractivity (Wildman–Crippen MR) is 94.8 cm³/mol. The topological polar surface area (TPSA) is 72.5 Å². The Labute approximate surface area is 146 Å². The van der Waals surface area contributed by atoms with Crippen LogP contribution in [0.2, 0.25) is 0 Å². The molecule has 1 N–H and O–H groups in total. The Kier molecular flexibility index (Phi) is 5.17. The van der Waals surface area contributed by atoms with Crippen LogP contribution >= 0.6 is 0 Å². The van der Waals surface area contributed by atoms with Crippen molar-refractivity contribution in [3.05, 3.63) is 48.3 Å². The quantitative estimate of drug-likeness (QED) is 0.883. The summed E-state index contributed by atoms with van der Waals surface area (Å²) in [5, 5.41) is 2.26. The predicted octanol–water partition coefficient (Wildman–Crippen LogP) is 4.24. The Bertz CT molecular complexity index is 887. The maximum Gasteiger partial charge on any atom is 0.412 e. The van der Waals surface area contributed by atoms with Crippen molar-refractivity contribution in [2.45, 2.75) is 31.3 Å². The van der Waals surface area contributed by atoms with Crippen molar-refractivity contribution < 1.29 is 22.3 Å². The molecule has 7 heteroatoms.